The molecular weight excluding hydrogens is 404 g/mol. The van der Waals surface area contributed by atoms with Crippen molar-refractivity contribution in [1.82, 2.24) is 0 Å². The molecule has 0 bridgehead atoms. The van der Waals surface area contributed by atoms with E-state index in [1.54, 1.807) is 13.2 Å². The number of hydrogen-bond donors (Lipinski definition) is 0. The quantitative estimate of drug-likeness (QED) is 0.371. The predicted molar refractivity (Wildman–Crippen MR) is 133 cm³/mol. The molecule has 33 heavy (non-hydrogen) atoms. The molecule has 1 unspecified atom stereocenters. The molecule has 0 amide bonds. The van der Waals surface area contributed by atoms with Crippen LogP contribution in [0.25, 0.3) is 17.2 Å². The molecule has 1 spiro atoms. The maximum atomic E-state index is 14.1. The highest BCUT2D eigenvalue weighted by molar-refractivity contribution is 6.24. The molecule has 0 saturated heterocycles. The van der Waals surface area contributed by atoms with Gasteiger partial charge in [-0.2, -0.15) is 0 Å². The first kappa shape index (κ1) is 19.5. The molecule has 2 aliphatic carbocycles. The third kappa shape index (κ3) is 2.71. The zero-order valence-corrected chi connectivity index (χ0v) is 18.3. The Bertz CT molecular complexity index is 1450. The van der Waals surface area contributed by atoms with Crippen LogP contribution in [0.1, 0.15) is 33.4 Å². The summed E-state index contributed by atoms with van der Waals surface area (Å²) in [4.78, 5) is 14.1. The molecule has 0 fully saturated rings. The third-order valence-electron chi connectivity index (χ3n) is 6.80. The number of rotatable bonds is 3. The highest BCUT2D eigenvalue weighted by Gasteiger charge is 2.53. The van der Waals surface area contributed by atoms with E-state index in [2.05, 4.69) is 54.6 Å². The predicted octanol–water partition coefficient (Wildman–Crippen LogP) is 6.55. The second-order valence-electron chi connectivity index (χ2n) is 8.43. The van der Waals surface area contributed by atoms with E-state index >= 15 is 0 Å². The van der Waals surface area contributed by atoms with Crippen LogP contribution in [0.4, 0.5) is 0 Å². The van der Waals surface area contributed by atoms with Crippen LogP contribution in [0.5, 0.6) is 5.75 Å². The lowest BCUT2D eigenvalue weighted by atomic mass is 9.63. The fourth-order valence-electron chi connectivity index (χ4n) is 5.45. The summed E-state index contributed by atoms with van der Waals surface area (Å²) < 4.78 is 5.61. The summed E-state index contributed by atoms with van der Waals surface area (Å²) in [7, 11) is 1.67. The lowest BCUT2D eigenvalue weighted by molar-refractivity contribution is -0.116. The molecule has 6 rings (SSSR count). The van der Waals surface area contributed by atoms with Crippen LogP contribution in [0.3, 0.4) is 0 Å². The SMILES string of the molecule is COc1ccc2c(c1)C1(C(=O)C=C2)C(c2ccccc2)=C(c2ccccc2)c2ccccc21. The zero-order valence-electron chi connectivity index (χ0n) is 18.3. The second-order valence-corrected chi connectivity index (χ2v) is 8.43. The second kappa shape index (κ2) is 7.46. The van der Waals surface area contributed by atoms with Crippen molar-refractivity contribution in [2.24, 2.45) is 0 Å². The first-order chi connectivity index (χ1) is 16.2. The van der Waals surface area contributed by atoms with Gasteiger partial charge in [0.1, 0.15) is 11.2 Å². The Hall–Kier alpha value is -4.17. The van der Waals surface area contributed by atoms with Crippen LogP contribution in [0.15, 0.2) is 109 Å². The van der Waals surface area contributed by atoms with E-state index in [1.165, 1.54) is 0 Å². The summed E-state index contributed by atoms with van der Waals surface area (Å²) >= 11 is 0. The Kier molecular flexibility index (Phi) is 4.41. The molecule has 1 atom stereocenters. The number of hydrogen-bond acceptors (Lipinski definition) is 2. The van der Waals surface area contributed by atoms with E-state index in [4.69, 9.17) is 4.74 Å². The zero-order chi connectivity index (χ0) is 22.4. The average molecular weight is 427 g/mol. The molecule has 0 heterocycles. The number of methoxy groups -OCH3 is 1. The Morgan fingerprint density at radius 1 is 0.667 bits per heavy atom. The Labute approximate surface area is 193 Å². The summed E-state index contributed by atoms with van der Waals surface area (Å²) in [5, 5.41) is 0. The van der Waals surface area contributed by atoms with Gasteiger partial charge in [-0.1, -0.05) is 97.1 Å². The molecule has 0 radical (unpaired) electrons. The summed E-state index contributed by atoms with van der Waals surface area (Å²) in [6.07, 6.45) is 3.66. The van der Waals surface area contributed by atoms with E-state index in [9.17, 15) is 4.79 Å². The van der Waals surface area contributed by atoms with Crippen LogP contribution in [0, 0.1) is 0 Å². The highest BCUT2D eigenvalue weighted by Crippen LogP contribution is 2.59. The first-order valence-electron chi connectivity index (χ1n) is 11.1. The normalized spacial score (nSPS) is 18.4. The Morgan fingerprint density at radius 3 is 2.06 bits per heavy atom. The van der Waals surface area contributed by atoms with Gasteiger partial charge in [0.15, 0.2) is 5.78 Å². The number of ether oxygens (including phenoxy) is 1. The number of benzene rings is 4. The lowest BCUT2D eigenvalue weighted by Gasteiger charge is -2.36. The van der Waals surface area contributed by atoms with Gasteiger partial charge >= 0.3 is 0 Å². The van der Waals surface area contributed by atoms with Crippen molar-refractivity contribution in [2.45, 2.75) is 5.41 Å². The third-order valence-corrected chi connectivity index (χ3v) is 6.80. The van der Waals surface area contributed by atoms with E-state index in [-0.39, 0.29) is 5.78 Å². The number of carbonyl (C=O) groups is 1. The number of fused-ring (bicyclic) bond motifs is 4. The minimum Gasteiger partial charge on any atom is -0.497 e. The minimum absolute atomic E-state index is 0.0699. The van der Waals surface area contributed by atoms with Gasteiger partial charge in [0.2, 0.25) is 0 Å². The first-order valence-corrected chi connectivity index (χ1v) is 11.1. The summed E-state index contributed by atoms with van der Waals surface area (Å²) in [5.41, 5.74) is 7.46. The van der Waals surface area contributed by atoms with Crippen LogP contribution in [-0.4, -0.2) is 12.9 Å². The van der Waals surface area contributed by atoms with Crippen molar-refractivity contribution >= 4 is 23.0 Å². The van der Waals surface area contributed by atoms with Crippen molar-refractivity contribution in [2.75, 3.05) is 7.11 Å². The Balaban J connectivity index is 1.82. The molecule has 0 aliphatic heterocycles. The van der Waals surface area contributed by atoms with Crippen LogP contribution >= 0.6 is 0 Å². The van der Waals surface area contributed by atoms with Gasteiger partial charge in [-0.3, -0.25) is 4.79 Å². The van der Waals surface area contributed by atoms with Crippen LogP contribution in [-0.2, 0) is 10.2 Å². The fourth-order valence-corrected chi connectivity index (χ4v) is 5.45. The highest BCUT2D eigenvalue weighted by atomic mass is 16.5. The molecule has 4 aromatic carbocycles. The Morgan fingerprint density at radius 2 is 1.33 bits per heavy atom. The molecule has 0 aromatic heterocycles. The van der Waals surface area contributed by atoms with Gasteiger partial charge in [0.05, 0.1) is 7.11 Å². The molecule has 2 nitrogen and oxygen atoms in total. The van der Waals surface area contributed by atoms with Gasteiger partial charge in [-0.15, -0.1) is 0 Å². The lowest BCUT2D eigenvalue weighted by Crippen LogP contribution is -2.38. The average Bonchev–Trinajstić information content (AvgIpc) is 3.19. The fraction of sp³-hybridized carbons (Fsp3) is 0.0645. The summed E-state index contributed by atoms with van der Waals surface area (Å²) in [6, 6.07) is 35.1. The van der Waals surface area contributed by atoms with Crippen LogP contribution < -0.4 is 4.74 Å². The maximum Gasteiger partial charge on any atom is 0.175 e. The van der Waals surface area contributed by atoms with E-state index in [0.29, 0.717) is 0 Å². The summed E-state index contributed by atoms with van der Waals surface area (Å²) in [5.74, 6) is 0.815. The van der Waals surface area contributed by atoms with Gasteiger partial charge < -0.3 is 4.74 Å². The van der Waals surface area contributed by atoms with Gasteiger partial charge in [0.25, 0.3) is 0 Å². The number of carbonyl (C=O) groups excluding carboxylic acids is 1. The van der Waals surface area contributed by atoms with Crippen molar-refractivity contribution in [3.63, 3.8) is 0 Å². The monoisotopic (exact) mass is 426 g/mol. The number of ketones is 1. The van der Waals surface area contributed by atoms with Gasteiger partial charge in [0, 0.05) is 0 Å². The van der Waals surface area contributed by atoms with Crippen molar-refractivity contribution in [1.29, 1.82) is 0 Å². The largest absolute Gasteiger partial charge is 0.497 e. The molecular formula is C31H22O2. The van der Waals surface area contributed by atoms with Gasteiger partial charge in [-0.05, 0) is 62.7 Å². The van der Waals surface area contributed by atoms with E-state index in [0.717, 1.165) is 50.3 Å². The van der Waals surface area contributed by atoms with E-state index in [1.807, 2.05) is 54.6 Å². The smallest absolute Gasteiger partial charge is 0.175 e. The molecule has 0 saturated carbocycles. The minimum atomic E-state index is -0.943. The van der Waals surface area contributed by atoms with Crippen molar-refractivity contribution < 1.29 is 9.53 Å². The van der Waals surface area contributed by atoms with Crippen molar-refractivity contribution in [3.8, 4) is 5.75 Å². The van der Waals surface area contributed by atoms with Crippen LogP contribution in [0.2, 0.25) is 0 Å². The number of allylic oxidation sites excluding steroid dienone is 2. The molecule has 2 aliphatic rings. The topological polar surface area (TPSA) is 26.3 Å². The molecule has 2 heteroatoms. The van der Waals surface area contributed by atoms with Crippen molar-refractivity contribution in [3.05, 3.63) is 143 Å². The molecule has 158 valence electrons. The molecule has 0 N–H and O–H groups in total. The maximum absolute atomic E-state index is 14.1. The molecule has 4 aromatic rings. The summed E-state index contributed by atoms with van der Waals surface area (Å²) in [6.45, 7) is 0. The van der Waals surface area contributed by atoms with Gasteiger partial charge in [-0.25, -0.2) is 0 Å². The standard InChI is InChI=1S/C31H22O2/c1-33-24-18-16-21-17-19-28(32)31(27(21)20-24)26-15-9-8-14-25(26)29(22-10-4-2-5-11-22)30(31)23-12-6-3-7-13-23/h2-20H,1H3. The van der Waals surface area contributed by atoms with E-state index < -0.39 is 5.41 Å².